The predicted molar refractivity (Wildman–Crippen MR) is 114 cm³/mol. The molecule has 0 radical (unpaired) electrons. The summed E-state index contributed by atoms with van der Waals surface area (Å²) < 4.78 is 11.0. The van der Waals surface area contributed by atoms with Crippen LogP contribution < -0.4 is 5.69 Å². The highest BCUT2D eigenvalue weighted by atomic mass is 16.4. The molecule has 0 aliphatic carbocycles. The van der Waals surface area contributed by atoms with E-state index in [-0.39, 0.29) is 17.6 Å². The van der Waals surface area contributed by atoms with E-state index in [0.29, 0.717) is 43.2 Å². The van der Waals surface area contributed by atoms with E-state index in [1.165, 1.54) is 0 Å². The standard InChI is InChI=1S/C22H24N6O3/c1-14-11-15(2)27(24-14)13-17-6-7-19(31-17)21(29)26-10-8-16(12-26)28-20-18(5-4-9-23-20)25(3)22(28)30/h4-7,9,11,16H,8,10,12-13H2,1-3H3/t16-/m1/s1. The Balaban J connectivity index is 1.34. The molecule has 1 aliphatic rings. The minimum Gasteiger partial charge on any atom is -0.454 e. The summed E-state index contributed by atoms with van der Waals surface area (Å²) in [5.41, 5.74) is 3.31. The van der Waals surface area contributed by atoms with E-state index in [0.717, 1.165) is 16.9 Å². The van der Waals surface area contributed by atoms with E-state index >= 15 is 0 Å². The highest BCUT2D eigenvalue weighted by Crippen LogP contribution is 2.25. The molecule has 160 valence electrons. The minimum absolute atomic E-state index is 0.112. The van der Waals surface area contributed by atoms with Crippen molar-refractivity contribution in [3.05, 3.63) is 69.9 Å². The summed E-state index contributed by atoms with van der Waals surface area (Å²) in [6.45, 7) is 5.42. The van der Waals surface area contributed by atoms with Crippen molar-refractivity contribution in [2.75, 3.05) is 13.1 Å². The third-order valence-corrected chi connectivity index (χ3v) is 5.95. The zero-order valence-electron chi connectivity index (χ0n) is 17.8. The molecule has 5 heterocycles. The molecule has 0 N–H and O–H groups in total. The lowest BCUT2D eigenvalue weighted by Gasteiger charge is -2.15. The monoisotopic (exact) mass is 420 g/mol. The number of amides is 1. The molecule has 1 aliphatic heterocycles. The fourth-order valence-electron chi connectivity index (χ4n) is 4.37. The van der Waals surface area contributed by atoms with Gasteiger partial charge in [-0.05, 0) is 50.6 Å². The lowest BCUT2D eigenvalue weighted by molar-refractivity contribution is 0.0754. The Labute approximate surface area is 178 Å². The Kier molecular flexibility index (Phi) is 4.53. The van der Waals surface area contributed by atoms with E-state index < -0.39 is 0 Å². The van der Waals surface area contributed by atoms with Crippen LogP contribution in [0.3, 0.4) is 0 Å². The number of hydrogen-bond donors (Lipinski definition) is 0. The fourth-order valence-corrected chi connectivity index (χ4v) is 4.37. The molecule has 0 bridgehead atoms. The summed E-state index contributed by atoms with van der Waals surface area (Å²) in [5.74, 6) is 0.823. The Bertz CT molecular complexity index is 1340. The van der Waals surface area contributed by atoms with Gasteiger partial charge in [-0.1, -0.05) is 0 Å². The van der Waals surface area contributed by atoms with Gasteiger partial charge in [0.25, 0.3) is 5.91 Å². The first-order chi connectivity index (χ1) is 14.9. The van der Waals surface area contributed by atoms with E-state index in [4.69, 9.17) is 4.42 Å². The number of aromatic nitrogens is 5. The molecule has 0 unspecified atom stereocenters. The van der Waals surface area contributed by atoms with Crippen LogP contribution >= 0.6 is 0 Å². The first-order valence-corrected chi connectivity index (χ1v) is 10.3. The predicted octanol–water partition coefficient (Wildman–Crippen LogP) is 2.28. The molecule has 1 fully saturated rings. The number of imidazole rings is 1. The number of nitrogens with zero attached hydrogens (tertiary/aromatic N) is 6. The van der Waals surface area contributed by atoms with Crippen molar-refractivity contribution in [3.63, 3.8) is 0 Å². The summed E-state index contributed by atoms with van der Waals surface area (Å²) in [7, 11) is 1.74. The lowest BCUT2D eigenvalue weighted by Crippen LogP contribution is -2.31. The van der Waals surface area contributed by atoms with Crippen molar-refractivity contribution >= 4 is 17.1 Å². The molecule has 5 rings (SSSR count). The Morgan fingerprint density at radius 2 is 2.10 bits per heavy atom. The van der Waals surface area contributed by atoms with Crippen LogP contribution in [0.1, 0.15) is 40.2 Å². The second-order valence-electron chi connectivity index (χ2n) is 8.10. The highest BCUT2D eigenvalue weighted by Gasteiger charge is 2.32. The second-order valence-corrected chi connectivity index (χ2v) is 8.10. The molecular weight excluding hydrogens is 396 g/mol. The molecule has 9 nitrogen and oxygen atoms in total. The molecule has 9 heteroatoms. The van der Waals surface area contributed by atoms with Gasteiger partial charge in [-0.3, -0.25) is 18.6 Å². The third kappa shape index (κ3) is 3.26. The number of pyridine rings is 1. The normalized spacial score (nSPS) is 16.5. The summed E-state index contributed by atoms with van der Waals surface area (Å²) in [6, 6.07) is 9.11. The number of carbonyl (C=O) groups excluding carboxylic acids is 1. The summed E-state index contributed by atoms with van der Waals surface area (Å²) in [5, 5.41) is 4.44. The fraction of sp³-hybridized carbons (Fsp3) is 0.364. The summed E-state index contributed by atoms with van der Waals surface area (Å²) >= 11 is 0. The van der Waals surface area contributed by atoms with Crippen molar-refractivity contribution < 1.29 is 9.21 Å². The maximum atomic E-state index is 13.0. The molecule has 4 aromatic heterocycles. The van der Waals surface area contributed by atoms with E-state index in [9.17, 15) is 9.59 Å². The average Bonchev–Trinajstić information content (AvgIpc) is 3.52. The van der Waals surface area contributed by atoms with E-state index in [1.54, 1.807) is 33.3 Å². The number of furan rings is 1. The van der Waals surface area contributed by atoms with Gasteiger partial charge in [-0.2, -0.15) is 5.10 Å². The number of hydrogen-bond acceptors (Lipinski definition) is 5. The number of fused-ring (bicyclic) bond motifs is 1. The van der Waals surface area contributed by atoms with Crippen LogP contribution in [-0.2, 0) is 13.6 Å². The molecule has 1 saturated heterocycles. The molecule has 4 aromatic rings. The van der Waals surface area contributed by atoms with E-state index in [2.05, 4.69) is 10.1 Å². The van der Waals surface area contributed by atoms with Crippen molar-refractivity contribution in [3.8, 4) is 0 Å². The van der Waals surface area contributed by atoms with Crippen molar-refractivity contribution in [2.24, 2.45) is 7.05 Å². The van der Waals surface area contributed by atoms with Crippen molar-refractivity contribution in [1.29, 1.82) is 0 Å². The Morgan fingerprint density at radius 3 is 2.87 bits per heavy atom. The van der Waals surface area contributed by atoms with Gasteiger partial charge in [0.05, 0.1) is 23.8 Å². The Morgan fingerprint density at radius 1 is 1.26 bits per heavy atom. The first-order valence-electron chi connectivity index (χ1n) is 10.3. The zero-order chi connectivity index (χ0) is 21.7. The van der Waals surface area contributed by atoms with Crippen LogP contribution in [0.4, 0.5) is 0 Å². The van der Waals surface area contributed by atoms with Crippen molar-refractivity contribution in [2.45, 2.75) is 32.9 Å². The van der Waals surface area contributed by atoms with Crippen LogP contribution in [0.5, 0.6) is 0 Å². The number of rotatable bonds is 4. The van der Waals surface area contributed by atoms with Gasteiger partial charge in [0.2, 0.25) is 0 Å². The lowest BCUT2D eigenvalue weighted by atomic mass is 10.2. The highest BCUT2D eigenvalue weighted by molar-refractivity contribution is 5.91. The molecule has 0 aromatic carbocycles. The zero-order valence-corrected chi connectivity index (χ0v) is 17.8. The topological polar surface area (TPSA) is 91.1 Å². The van der Waals surface area contributed by atoms with Crippen LogP contribution in [0, 0.1) is 13.8 Å². The van der Waals surface area contributed by atoms with Crippen LogP contribution in [0.25, 0.3) is 11.2 Å². The SMILES string of the molecule is Cc1cc(C)n(Cc2ccc(C(=O)N3CC[C@@H](n4c(=O)n(C)c5cccnc54)C3)o2)n1. The van der Waals surface area contributed by atoms with Gasteiger partial charge in [-0.25, -0.2) is 9.78 Å². The number of aryl methyl sites for hydroxylation is 3. The van der Waals surface area contributed by atoms with Gasteiger partial charge in [-0.15, -0.1) is 0 Å². The molecule has 0 spiro atoms. The van der Waals surface area contributed by atoms with Gasteiger partial charge in [0, 0.05) is 32.0 Å². The average molecular weight is 420 g/mol. The first kappa shape index (κ1) is 19.3. The van der Waals surface area contributed by atoms with E-state index in [1.807, 2.05) is 42.8 Å². The molecular formula is C22H24N6O3. The maximum Gasteiger partial charge on any atom is 0.330 e. The van der Waals surface area contributed by atoms with Gasteiger partial charge in [0.1, 0.15) is 5.76 Å². The Hall–Kier alpha value is -3.62. The van der Waals surface area contributed by atoms with Gasteiger partial charge >= 0.3 is 5.69 Å². The largest absolute Gasteiger partial charge is 0.454 e. The van der Waals surface area contributed by atoms with Crippen LogP contribution in [0.2, 0.25) is 0 Å². The maximum absolute atomic E-state index is 13.0. The van der Waals surface area contributed by atoms with Crippen LogP contribution in [0.15, 0.2) is 45.7 Å². The third-order valence-electron chi connectivity index (χ3n) is 5.95. The molecule has 31 heavy (non-hydrogen) atoms. The van der Waals surface area contributed by atoms with Gasteiger partial charge in [0.15, 0.2) is 11.4 Å². The van der Waals surface area contributed by atoms with Gasteiger partial charge < -0.3 is 9.32 Å². The van der Waals surface area contributed by atoms with Crippen molar-refractivity contribution in [1.82, 2.24) is 28.8 Å². The molecule has 1 amide bonds. The number of likely N-dealkylation sites (tertiary alicyclic amines) is 1. The quantitative estimate of drug-likeness (QED) is 0.505. The van der Waals surface area contributed by atoms with Crippen LogP contribution in [-0.4, -0.2) is 47.8 Å². The summed E-state index contributed by atoms with van der Waals surface area (Å²) in [6.07, 6.45) is 2.38. The second kappa shape index (κ2) is 7.26. The smallest absolute Gasteiger partial charge is 0.330 e. The number of carbonyl (C=O) groups is 1. The minimum atomic E-state index is -0.164. The summed E-state index contributed by atoms with van der Waals surface area (Å²) in [4.78, 5) is 31.9. The molecule has 1 atom stereocenters. The molecule has 0 saturated carbocycles.